The summed E-state index contributed by atoms with van der Waals surface area (Å²) in [7, 11) is 0. The fourth-order valence-electron chi connectivity index (χ4n) is 0.0833. The summed E-state index contributed by atoms with van der Waals surface area (Å²) in [5.74, 6) is 4.92. The van der Waals surface area contributed by atoms with Crippen molar-refractivity contribution >= 4 is 0 Å². The Labute approximate surface area is 44.6 Å². The van der Waals surface area contributed by atoms with Gasteiger partial charge in [0.15, 0.2) is 0 Å². The molecule has 0 unspecified atom stereocenters. The Morgan fingerprint density at radius 1 is 1.57 bits per heavy atom. The van der Waals surface area contributed by atoms with E-state index in [-0.39, 0.29) is 5.60 Å². The topological polar surface area (TPSA) is 35.2 Å². The smallest absolute Gasteiger partial charge is 0.0835 e. The number of nitrogens with two attached hydrogens (primary N) is 1. The summed E-state index contributed by atoms with van der Waals surface area (Å²) in [6, 6.07) is 0. The van der Waals surface area contributed by atoms with Crippen molar-refractivity contribution in [3.63, 3.8) is 0 Å². The van der Waals surface area contributed by atoms with E-state index in [4.69, 9.17) is 5.90 Å². The van der Waals surface area contributed by atoms with Crippen LogP contribution in [-0.2, 0) is 4.84 Å². The van der Waals surface area contributed by atoms with Gasteiger partial charge in [-0.25, -0.2) is 5.90 Å². The highest BCUT2D eigenvalue weighted by Gasteiger charge is 2.12. The molecule has 0 amide bonds. The molecule has 44 valence electrons. The minimum atomic E-state index is -0.139. The Morgan fingerprint density at radius 2 is 2.00 bits per heavy atom. The lowest BCUT2D eigenvalue weighted by Gasteiger charge is -2.18. The van der Waals surface area contributed by atoms with Crippen molar-refractivity contribution in [2.24, 2.45) is 5.90 Å². The van der Waals surface area contributed by atoms with Gasteiger partial charge in [-0.2, -0.15) is 0 Å². The molecule has 0 fully saturated rings. The van der Waals surface area contributed by atoms with E-state index >= 15 is 0 Å². The summed E-state index contributed by atoms with van der Waals surface area (Å²) in [5.41, 5.74) is -0.139. The van der Waals surface area contributed by atoms with E-state index in [1.807, 2.05) is 20.8 Å². The van der Waals surface area contributed by atoms with Crippen LogP contribution in [0.2, 0.25) is 0 Å². The van der Waals surface area contributed by atoms with Crippen molar-refractivity contribution in [3.8, 4) is 0 Å². The zero-order valence-corrected chi connectivity index (χ0v) is 5.19. The molecule has 0 heterocycles. The molecule has 0 atom stereocenters. The summed E-state index contributed by atoms with van der Waals surface area (Å²) >= 11 is 0. The van der Waals surface area contributed by atoms with Crippen molar-refractivity contribution in [2.45, 2.75) is 32.8 Å². The van der Waals surface area contributed by atoms with Gasteiger partial charge in [0, 0.05) is 0 Å². The van der Waals surface area contributed by atoms with Gasteiger partial charge in [0.2, 0.25) is 0 Å². The van der Waals surface area contributed by atoms with Crippen LogP contribution in [0.4, 0.5) is 0 Å². The SMILES string of the molecule is CCC(C)(C)ON. The lowest BCUT2D eigenvalue weighted by molar-refractivity contribution is -0.0217. The van der Waals surface area contributed by atoms with Crippen LogP contribution in [0.5, 0.6) is 0 Å². The largest absolute Gasteiger partial charge is 0.299 e. The number of hydrogen-bond acceptors (Lipinski definition) is 2. The Kier molecular flexibility index (Phi) is 2.26. The van der Waals surface area contributed by atoms with Crippen LogP contribution in [0.3, 0.4) is 0 Å². The van der Waals surface area contributed by atoms with E-state index in [1.165, 1.54) is 0 Å². The maximum absolute atomic E-state index is 4.92. The van der Waals surface area contributed by atoms with Crippen LogP contribution < -0.4 is 5.90 Å². The second-order valence-electron chi connectivity index (χ2n) is 2.23. The molecule has 2 heteroatoms. The number of rotatable bonds is 2. The summed E-state index contributed by atoms with van der Waals surface area (Å²) < 4.78 is 0. The molecule has 0 aromatic heterocycles. The molecular formula is C5H13NO. The minimum Gasteiger partial charge on any atom is -0.299 e. The van der Waals surface area contributed by atoms with E-state index in [0.29, 0.717) is 0 Å². The van der Waals surface area contributed by atoms with E-state index < -0.39 is 0 Å². The van der Waals surface area contributed by atoms with Crippen molar-refractivity contribution in [1.29, 1.82) is 0 Å². The molecule has 0 aliphatic heterocycles. The first-order valence-electron chi connectivity index (χ1n) is 2.50. The fraction of sp³-hybridized carbons (Fsp3) is 1.00. The van der Waals surface area contributed by atoms with E-state index in [2.05, 4.69) is 4.84 Å². The second kappa shape index (κ2) is 2.28. The maximum Gasteiger partial charge on any atom is 0.0835 e. The molecule has 0 aromatic rings. The molecule has 0 aliphatic carbocycles. The molecule has 0 saturated carbocycles. The summed E-state index contributed by atoms with van der Waals surface area (Å²) in [6.45, 7) is 5.94. The molecule has 0 aromatic carbocycles. The first kappa shape index (κ1) is 6.92. The normalized spacial score (nSPS) is 12.0. The molecule has 0 rings (SSSR count). The van der Waals surface area contributed by atoms with Crippen molar-refractivity contribution in [2.75, 3.05) is 0 Å². The van der Waals surface area contributed by atoms with Gasteiger partial charge >= 0.3 is 0 Å². The predicted octanol–water partition coefficient (Wildman–Crippen LogP) is 1.07. The Balaban J connectivity index is 3.36. The van der Waals surface area contributed by atoms with Gasteiger partial charge in [-0.05, 0) is 20.3 Å². The van der Waals surface area contributed by atoms with E-state index in [0.717, 1.165) is 6.42 Å². The molecule has 0 saturated heterocycles. The average Bonchev–Trinajstić information content (AvgIpc) is 1.68. The van der Waals surface area contributed by atoms with Crippen LogP contribution >= 0.6 is 0 Å². The van der Waals surface area contributed by atoms with E-state index in [9.17, 15) is 0 Å². The molecular weight excluding hydrogens is 90.1 g/mol. The quantitative estimate of drug-likeness (QED) is 0.530. The van der Waals surface area contributed by atoms with Gasteiger partial charge in [-0.3, -0.25) is 4.84 Å². The standard InChI is InChI=1S/C5H13NO/c1-4-5(2,3)7-6/h4,6H2,1-3H3. The third-order valence-electron chi connectivity index (χ3n) is 1.17. The fourth-order valence-corrected chi connectivity index (χ4v) is 0.0833. The predicted molar refractivity (Wildman–Crippen MR) is 29.6 cm³/mol. The van der Waals surface area contributed by atoms with Crippen molar-refractivity contribution in [3.05, 3.63) is 0 Å². The lowest BCUT2D eigenvalue weighted by Crippen LogP contribution is -2.26. The summed E-state index contributed by atoms with van der Waals surface area (Å²) in [6.07, 6.45) is 0.948. The number of hydrogen-bond donors (Lipinski definition) is 1. The van der Waals surface area contributed by atoms with Crippen LogP contribution in [0.1, 0.15) is 27.2 Å². The maximum atomic E-state index is 4.92. The Bertz CT molecular complexity index is 46.0. The molecule has 0 radical (unpaired) electrons. The van der Waals surface area contributed by atoms with Crippen molar-refractivity contribution < 1.29 is 4.84 Å². The lowest BCUT2D eigenvalue weighted by atomic mass is 10.1. The van der Waals surface area contributed by atoms with Gasteiger partial charge in [0.25, 0.3) is 0 Å². The highest BCUT2D eigenvalue weighted by molar-refractivity contribution is 4.62. The van der Waals surface area contributed by atoms with Crippen LogP contribution in [0.25, 0.3) is 0 Å². The summed E-state index contributed by atoms with van der Waals surface area (Å²) in [5, 5.41) is 0. The van der Waals surface area contributed by atoms with Gasteiger partial charge in [0.1, 0.15) is 0 Å². The monoisotopic (exact) mass is 103 g/mol. The zero-order chi connectivity index (χ0) is 5.91. The molecule has 0 spiro atoms. The highest BCUT2D eigenvalue weighted by atomic mass is 16.6. The highest BCUT2D eigenvalue weighted by Crippen LogP contribution is 2.08. The molecule has 0 bridgehead atoms. The minimum absolute atomic E-state index is 0.139. The molecule has 2 N–H and O–H groups in total. The van der Waals surface area contributed by atoms with Gasteiger partial charge < -0.3 is 0 Å². The third-order valence-corrected chi connectivity index (χ3v) is 1.17. The van der Waals surface area contributed by atoms with Gasteiger partial charge in [-0.1, -0.05) is 6.92 Å². The first-order chi connectivity index (χ1) is 3.12. The Morgan fingerprint density at radius 3 is 2.00 bits per heavy atom. The summed E-state index contributed by atoms with van der Waals surface area (Å²) in [4.78, 5) is 4.59. The second-order valence-corrected chi connectivity index (χ2v) is 2.23. The molecule has 7 heavy (non-hydrogen) atoms. The zero-order valence-electron chi connectivity index (χ0n) is 5.19. The van der Waals surface area contributed by atoms with Crippen molar-refractivity contribution in [1.82, 2.24) is 0 Å². The van der Waals surface area contributed by atoms with Crippen LogP contribution in [-0.4, -0.2) is 5.60 Å². The third kappa shape index (κ3) is 2.60. The van der Waals surface area contributed by atoms with Crippen LogP contribution in [0.15, 0.2) is 0 Å². The van der Waals surface area contributed by atoms with Gasteiger partial charge in [0.05, 0.1) is 5.60 Å². The first-order valence-corrected chi connectivity index (χ1v) is 2.50. The average molecular weight is 103 g/mol. The van der Waals surface area contributed by atoms with E-state index in [1.54, 1.807) is 0 Å². The van der Waals surface area contributed by atoms with Gasteiger partial charge in [-0.15, -0.1) is 0 Å². The molecule has 0 aliphatic rings. The molecule has 2 nitrogen and oxygen atoms in total. The Hall–Kier alpha value is -0.0800. The van der Waals surface area contributed by atoms with Crippen LogP contribution in [0, 0.1) is 0 Å².